The third-order valence-corrected chi connectivity index (χ3v) is 4.80. The van der Waals surface area contributed by atoms with Gasteiger partial charge in [-0.05, 0) is 5.92 Å². The maximum Gasteiger partial charge on any atom is 0.317 e. The molecule has 0 aromatic carbocycles. The fourth-order valence-corrected chi connectivity index (χ4v) is 3.55. The quantitative estimate of drug-likeness (QED) is 0.349. The van der Waals surface area contributed by atoms with Crippen LogP contribution in [0.4, 0.5) is 0 Å². The van der Waals surface area contributed by atoms with Crippen LogP contribution in [0.15, 0.2) is 0 Å². The number of nitrogens with zero attached hydrogens (tertiary/aromatic N) is 3. The van der Waals surface area contributed by atoms with E-state index < -0.39 is 42.5 Å². The summed E-state index contributed by atoms with van der Waals surface area (Å²) < 4.78 is 0. The minimum atomic E-state index is -1.21. The lowest BCUT2D eigenvalue weighted by Crippen LogP contribution is -2.64. The Labute approximate surface area is 156 Å². The minimum Gasteiger partial charge on any atom is -0.480 e. The molecule has 11 nitrogen and oxygen atoms in total. The summed E-state index contributed by atoms with van der Waals surface area (Å²) in [6.07, 6.45) is 0. The van der Waals surface area contributed by atoms with Crippen LogP contribution < -0.4 is 0 Å². The molecule has 154 valence electrons. The third kappa shape index (κ3) is 6.77. The van der Waals surface area contributed by atoms with E-state index in [1.807, 2.05) is 0 Å². The number of carbonyl (C=O) groups is 4. The molecule has 1 fully saturated rings. The summed E-state index contributed by atoms with van der Waals surface area (Å²) in [5.74, 6) is -4.82. The molecule has 4 N–H and O–H groups in total. The summed E-state index contributed by atoms with van der Waals surface area (Å²) in [4.78, 5) is 49.6. The van der Waals surface area contributed by atoms with Gasteiger partial charge in [-0.3, -0.25) is 33.9 Å². The predicted octanol–water partition coefficient (Wildman–Crippen LogP) is -1.36. The number of carboxylic acids is 4. The van der Waals surface area contributed by atoms with Crippen molar-refractivity contribution in [3.8, 4) is 0 Å². The highest BCUT2D eigenvalue weighted by Gasteiger charge is 2.46. The molecule has 0 aromatic heterocycles. The van der Waals surface area contributed by atoms with Crippen molar-refractivity contribution in [2.75, 3.05) is 52.4 Å². The first kappa shape index (κ1) is 22.8. The van der Waals surface area contributed by atoms with Crippen LogP contribution in [0.1, 0.15) is 13.8 Å². The molecule has 0 spiro atoms. The molecule has 1 rings (SSSR count). The van der Waals surface area contributed by atoms with Gasteiger partial charge >= 0.3 is 23.9 Å². The van der Waals surface area contributed by atoms with E-state index in [1.165, 1.54) is 4.90 Å². The van der Waals surface area contributed by atoms with E-state index in [-0.39, 0.29) is 45.2 Å². The Morgan fingerprint density at radius 1 is 0.815 bits per heavy atom. The monoisotopic (exact) mass is 389 g/mol. The average molecular weight is 389 g/mol. The Kier molecular flexibility index (Phi) is 8.13. The lowest BCUT2D eigenvalue weighted by Gasteiger charge is -2.48. The van der Waals surface area contributed by atoms with Crippen LogP contribution in [0.5, 0.6) is 0 Å². The SMILES string of the molecule is CC(C)C1(N(CC(=O)O)CC(=O)O)CN(CC(=O)O)CCN(CC(=O)O)C1. The first-order chi connectivity index (χ1) is 12.5. The standard InChI is InChI=1S/C16H27N3O8/c1-11(2)16(19(7-14(24)25)8-15(26)27)9-17(5-12(20)21)3-4-18(10-16)6-13(22)23/h11H,3-10H2,1-2H3,(H,20,21)(H,22,23)(H,24,25)(H,26,27). The van der Waals surface area contributed by atoms with Crippen molar-refractivity contribution in [1.82, 2.24) is 14.7 Å². The molecule has 1 aliphatic rings. The fourth-order valence-electron chi connectivity index (χ4n) is 3.55. The van der Waals surface area contributed by atoms with E-state index in [4.69, 9.17) is 10.2 Å². The summed E-state index contributed by atoms with van der Waals surface area (Å²) in [6, 6.07) is 0. The van der Waals surface area contributed by atoms with Crippen LogP contribution in [-0.4, -0.2) is 117 Å². The van der Waals surface area contributed by atoms with E-state index in [0.717, 1.165) is 0 Å². The van der Waals surface area contributed by atoms with Gasteiger partial charge in [0.2, 0.25) is 0 Å². The Hall–Kier alpha value is -2.24. The van der Waals surface area contributed by atoms with E-state index in [2.05, 4.69) is 0 Å². The molecule has 1 aliphatic heterocycles. The molecule has 0 atom stereocenters. The smallest absolute Gasteiger partial charge is 0.317 e. The molecule has 0 aromatic rings. The molecular formula is C16H27N3O8. The van der Waals surface area contributed by atoms with E-state index in [0.29, 0.717) is 0 Å². The van der Waals surface area contributed by atoms with Crippen LogP contribution in [0.3, 0.4) is 0 Å². The molecule has 0 radical (unpaired) electrons. The van der Waals surface area contributed by atoms with Gasteiger partial charge in [0, 0.05) is 31.7 Å². The summed E-state index contributed by atoms with van der Waals surface area (Å²) in [5.41, 5.74) is -1.04. The van der Waals surface area contributed by atoms with Gasteiger partial charge in [-0.25, -0.2) is 0 Å². The van der Waals surface area contributed by atoms with Gasteiger partial charge in [0.15, 0.2) is 0 Å². The molecule has 11 heteroatoms. The molecule has 0 saturated carbocycles. The van der Waals surface area contributed by atoms with Crippen molar-refractivity contribution in [2.45, 2.75) is 19.4 Å². The maximum absolute atomic E-state index is 11.4. The Morgan fingerprint density at radius 2 is 1.19 bits per heavy atom. The Bertz CT molecular complexity index is 538. The van der Waals surface area contributed by atoms with Gasteiger partial charge < -0.3 is 20.4 Å². The molecule has 0 aliphatic carbocycles. The van der Waals surface area contributed by atoms with Crippen molar-refractivity contribution in [2.24, 2.45) is 5.92 Å². The van der Waals surface area contributed by atoms with Crippen molar-refractivity contribution in [3.05, 3.63) is 0 Å². The van der Waals surface area contributed by atoms with Gasteiger partial charge in [-0.1, -0.05) is 13.8 Å². The van der Waals surface area contributed by atoms with E-state index >= 15 is 0 Å². The number of hydrogen-bond donors (Lipinski definition) is 4. The lowest BCUT2D eigenvalue weighted by atomic mass is 9.83. The second-order valence-electron chi connectivity index (χ2n) is 7.11. The average Bonchev–Trinajstić information content (AvgIpc) is 2.65. The molecule has 0 amide bonds. The molecule has 1 heterocycles. The summed E-state index contributed by atoms with van der Waals surface area (Å²) in [5, 5.41) is 36.8. The van der Waals surface area contributed by atoms with Crippen molar-refractivity contribution < 1.29 is 39.6 Å². The summed E-state index contributed by atoms with van der Waals surface area (Å²) in [7, 11) is 0. The van der Waals surface area contributed by atoms with Crippen LogP contribution in [0, 0.1) is 5.92 Å². The highest BCUT2D eigenvalue weighted by atomic mass is 16.4. The lowest BCUT2D eigenvalue weighted by molar-refractivity contribution is -0.149. The third-order valence-electron chi connectivity index (χ3n) is 4.80. The van der Waals surface area contributed by atoms with Gasteiger partial charge in [0.05, 0.1) is 26.2 Å². The second kappa shape index (κ2) is 9.62. The van der Waals surface area contributed by atoms with Gasteiger partial charge in [-0.15, -0.1) is 0 Å². The Morgan fingerprint density at radius 3 is 1.44 bits per heavy atom. The minimum absolute atomic E-state index is 0.119. The van der Waals surface area contributed by atoms with Crippen LogP contribution in [-0.2, 0) is 19.2 Å². The van der Waals surface area contributed by atoms with Crippen LogP contribution >= 0.6 is 0 Å². The zero-order valence-corrected chi connectivity index (χ0v) is 15.5. The number of aliphatic carboxylic acids is 4. The van der Waals surface area contributed by atoms with Gasteiger partial charge in [0.1, 0.15) is 0 Å². The molecule has 0 bridgehead atoms. The largest absolute Gasteiger partial charge is 0.480 e. The van der Waals surface area contributed by atoms with Crippen LogP contribution in [0.25, 0.3) is 0 Å². The maximum atomic E-state index is 11.4. The normalized spacial score (nSPS) is 18.4. The van der Waals surface area contributed by atoms with Crippen molar-refractivity contribution >= 4 is 23.9 Å². The first-order valence-electron chi connectivity index (χ1n) is 8.53. The first-order valence-corrected chi connectivity index (χ1v) is 8.53. The molecule has 0 unspecified atom stereocenters. The summed E-state index contributed by atoms with van der Waals surface area (Å²) in [6.45, 7) is 2.68. The highest BCUT2D eigenvalue weighted by molar-refractivity contribution is 5.73. The Balaban J connectivity index is 3.36. The summed E-state index contributed by atoms with van der Waals surface area (Å²) >= 11 is 0. The highest BCUT2D eigenvalue weighted by Crippen LogP contribution is 2.30. The predicted molar refractivity (Wildman–Crippen MR) is 92.6 cm³/mol. The van der Waals surface area contributed by atoms with E-state index in [9.17, 15) is 29.4 Å². The van der Waals surface area contributed by atoms with E-state index in [1.54, 1.807) is 23.6 Å². The number of hydrogen-bond acceptors (Lipinski definition) is 7. The molecule has 27 heavy (non-hydrogen) atoms. The fraction of sp³-hybridized carbons (Fsp3) is 0.750. The van der Waals surface area contributed by atoms with Gasteiger partial charge in [-0.2, -0.15) is 0 Å². The topological polar surface area (TPSA) is 159 Å². The molecular weight excluding hydrogens is 362 g/mol. The second-order valence-corrected chi connectivity index (χ2v) is 7.11. The van der Waals surface area contributed by atoms with Gasteiger partial charge in [0.25, 0.3) is 0 Å². The number of rotatable bonds is 10. The van der Waals surface area contributed by atoms with Crippen molar-refractivity contribution in [1.29, 1.82) is 0 Å². The van der Waals surface area contributed by atoms with Crippen LogP contribution in [0.2, 0.25) is 0 Å². The van der Waals surface area contributed by atoms with Crippen molar-refractivity contribution in [3.63, 3.8) is 0 Å². The molecule has 1 saturated heterocycles. The zero-order chi connectivity index (χ0) is 20.8. The number of carboxylic acid groups (broad SMARTS) is 4. The zero-order valence-electron chi connectivity index (χ0n) is 15.5.